The summed E-state index contributed by atoms with van der Waals surface area (Å²) in [7, 11) is 0. The molecule has 0 amide bonds. The lowest BCUT2D eigenvalue weighted by Crippen LogP contribution is -2.13. The van der Waals surface area contributed by atoms with Gasteiger partial charge in [0.1, 0.15) is 11.6 Å². The smallest absolute Gasteiger partial charge is 0.270 e. The van der Waals surface area contributed by atoms with Crippen molar-refractivity contribution in [3.63, 3.8) is 0 Å². The van der Waals surface area contributed by atoms with Gasteiger partial charge in [-0.3, -0.25) is 9.78 Å². The van der Waals surface area contributed by atoms with Gasteiger partial charge in [-0.15, -0.1) is 0 Å². The molecule has 0 atom stereocenters. The van der Waals surface area contributed by atoms with E-state index in [1.165, 1.54) is 0 Å². The normalized spacial score (nSPS) is 9.88. The van der Waals surface area contributed by atoms with Crippen molar-refractivity contribution in [2.45, 2.75) is 0 Å². The number of nitrogens with one attached hydrogen (secondary N) is 2. The second-order valence-electron chi connectivity index (χ2n) is 3.28. The molecule has 0 radical (unpaired) electrons. The lowest BCUT2D eigenvalue weighted by atomic mass is 10.1. The first-order chi connectivity index (χ1) is 8.11. The van der Waals surface area contributed by atoms with E-state index in [1.807, 2.05) is 6.07 Å². The number of rotatable bonds is 1. The summed E-state index contributed by atoms with van der Waals surface area (Å²) in [5.41, 5.74) is 0.502. The molecular weight excluding hydrogens is 258 g/mol. The van der Waals surface area contributed by atoms with Crippen LogP contribution < -0.4 is 5.56 Å². The molecule has 17 heavy (non-hydrogen) atoms. The maximum Gasteiger partial charge on any atom is 0.270 e. The highest BCUT2D eigenvalue weighted by atomic mass is 35.5. The molecule has 1 aromatic carbocycles. The zero-order chi connectivity index (χ0) is 12.4. The molecule has 84 valence electrons. The molecule has 0 saturated carbocycles. The molecule has 0 aliphatic heterocycles. The summed E-state index contributed by atoms with van der Waals surface area (Å²) in [5.74, 6) is 0. The minimum atomic E-state index is -0.508. The molecule has 0 unspecified atom stereocenters. The van der Waals surface area contributed by atoms with Crippen molar-refractivity contribution in [1.29, 1.82) is 5.26 Å². The van der Waals surface area contributed by atoms with Gasteiger partial charge >= 0.3 is 0 Å². The molecule has 2 aromatic rings. The summed E-state index contributed by atoms with van der Waals surface area (Å²) in [6.07, 6.45) is 0. The topological polar surface area (TPSA) is 72.4 Å². The van der Waals surface area contributed by atoms with E-state index in [-0.39, 0.29) is 10.3 Å². The Morgan fingerprint density at radius 1 is 1.35 bits per heavy atom. The lowest BCUT2D eigenvalue weighted by Gasteiger charge is -2.03. The van der Waals surface area contributed by atoms with Gasteiger partial charge in [0.15, 0.2) is 4.77 Å². The first-order valence-corrected chi connectivity index (χ1v) is 5.43. The molecule has 2 N–H and O–H groups in total. The highest BCUT2D eigenvalue weighted by molar-refractivity contribution is 7.71. The van der Waals surface area contributed by atoms with Gasteiger partial charge in [0, 0.05) is 10.6 Å². The molecule has 1 aromatic heterocycles. The van der Waals surface area contributed by atoms with Crippen LogP contribution in [0.5, 0.6) is 0 Å². The molecule has 0 spiro atoms. The second kappa shape index (κ2) is 4.53. The lowest BCUT2D eigenvalue weighted by molar-refractivity contribution is 1.08. The average molecular weight is 264 g/mol. The Morgan fingerprint density at radius 2 is 2.12 bits per heavy atom. The van der Waals surface area contributed by atoms with Crippen LogP contribution in [0, 0.1) is 16.1 Å². The zero-order valence-corrected chi connectivity index (χ0v) is 10.0. The summed E-state index contributed by atoms with van der Waals surface area (Å²) in [6.45, 7) is 0. The largest absolute Gasteiger partial charge is 0.331 e. The Balaban J connectivity index is 2.80. The molecule has 4 nitrogen and oxygen atoms in total. The van der Waals surface area contributed by atoms with E-state index in [4.69, 9.17) is 29.1 Å². The molecule has 0 fully saturated rings. The van der Waals surface area contributed by atoms with Crippen molar-refractivity contribution in [3.8, 4) is 17.3 Å². The van der Waals surface area contributed by atoms with Gasteiger partial charge in [-0.1, -0.05) is 23.7 Å². The number of hydrogen-bond donors (Lipinski definition) is 2. The van der Waals surface area contributed by atoms with Crippen LogP contribution in [-0.2, 0) is 0 Å². The van der Waals surface area contributed by atoms with E-state index in [9.17, 15) is 4.79 Å². The Kier molecular flexibility index (Phi) is 3.09. The third-order valence-corrected chi connectivity index (χ3v) is 2.61. The van der Waals surface area contributed by atoms with Crippen LogP contribution in [0.1, 0.15) is 5.56 Å². The van der Waals surface area contributed by atoms with Crippen molar-refractivity contribution in [1.82, 2.24) is 9.97 Å². The van der Waals surface area contributed by atoms with Crippen LogP contribution in [0.15, 0.2) is 29.1 Å². The molecular formula is C11H6ClN3OS. The number of benzene rings is 1. The first-order valence-electron chi connectivity index (χ1n) is 4.64. The molecule has 0 saturated heterocycles. The van der Waals surface area contributed by atoms with Crippen LogP contribution in [0.25, 0.3) is 11.3 Å². The monoisotopic (exact) mass is 263 g/mol. The Bertz CT molecular complexity index is 726. The number of aromatic nitrogens is 2. The highest BCUT2D eigenvalue weighted by Crippen LogP contribution is 2.21. The van der Waals surface area contributed by atoms with E-state index in [2.05, 4.69) is 9.97 Å². The maximum absolute atomic E-state index is 11.6. The highest BCUT2D eigenvalue weighted by Gasteiger charge is 2.09. The summed E-state index contributed by atoms with van der Waals surface area (Å²) in [4.78, 5) is 16.7. The average Bonchev–Trinajstić information content (AvgIpc) is 2.28. The fraction of sp³-hybridized carbons (Fsp3) is 0. The number of H-pyrrole nitrogens is 2. The fourth-order valence-corrected chi connectivity index (χ4v) is 1.84. The van der Waals surface area contributed by atoms with Gasteiger partial charge in [0.05, 0.1) is 5.69 Å². The Labute approximate surface area is 107 Å². The van der Waals surface area contributed by atoms with Gasteiger partial charge in [-0.2, -0.15) is 5.26 Å². The van der Waals surface area contributed by atoms with Crippen molar-refractivity contribution in [2.24, 2.45) is 0 Å². The fourth-order valence-electron chi connectivity index (χ4n) is 1.45. The van der Waals surface area contributed by atoms with E-state index in [0.717, 1.165) is 0 Å². The minimum Gasteiger partial charge on any atom is -0.331 e. The zero-order valence-electron chi connectivity index (χ0n) is 8.45. The van der Waals surface area contributed by atoms with Crippen molar-refractivity contribution >= 4 is 23.8 Å². The Morgan fingerprint density at radius 3 is 2.76 bits per heavy atom. The SMILES string of the molecule is N#Cc1c(-c2cccc(Cl)c2)[nH]c(=S)[nH]c1=O. The summed E-state index contributed by atoms with van der Waals surface area (Å²) >= 11 is 10.7. The van der Waals surface area contributed by atoms with Crippen molar-refractivity contribution in [2.75, 3.05) is 0 Å². The third kappa shape index (κ3) is 2.28. The van der Waals surface area contributed by atoms with E-state index >= 15 is 0 Å². The van der Waals surface area contributed by atoms with Crippen LogP contribution in [0.4, 0.5) is 0 Å². The molecule has 0 bridgehead atoms. The molecule has 2 rings (SSSR count). The van der Waals surface area contributed by atoms with Gasteiger partial charge in [0.25, 0.3) is 5.56 Å². The maximum atomic E-state index is 11.6. The van der Waals surface area contributed by atoms with Crippen molar-refractivity contribution in [3.05, 3.63) is 50.0 Å². The van der Waals surface area contributed by atoms with Gasteiger partial charge in [0.2, 0.25) is 0 Å². The molecule has 1 heterocycles. The molecule has 0 aliphatic rings. The number of halogens is 1. The van der Waals surface area contributed by atoms with Crippen molar-refractivity contribution < 1.29 is 0 Å². The number of nitrogens with zero attached hydrogens (tertiary/aromatic N) is 1. The predicted molar refractivity (Wildman–Crippen MR) is 67.4 cm³/mol. The first kappa shape index (κ1) is 11.6. The van der Waals surface area contributed by atoms with Crippen LogP contribution in [-0.4, -0.2) is 9.97 Å². The standard InChI is InChI=1S/C11H6ClN3OS/c12-7-3-1-2-6(4-7)9-8(5-13)10(16)15-11(17)14-9/h1-4H,(H2,14,15,16,17). The summed E-state index contributed by atoms with van der Waals surface area (Å²) in [5, 5.41) is 9.48. The van der Waals surface area contributed by atoms with Crippen LogP contribution >= 0.6 is 23.8 Å². The van der Waals surface area contributed by atoms with Gasteiger partial charge in [-0.05, 0) is 24.4 Å². The Hall–Kier alpha value is -1.90. The predicted octanol–water partition coefficient (Wildman–Crippen LogP) is 2.62. The van der Waals surface area contributed by atoms with E-state index in [0.29, 0.717) is 16.3 Å². The second-order valence-corrected chi connectivity index (χ2v) is 4.13. The van der Waals surface area contributed by atoms with Gasteiger partial charge in [-0.25, -0.2) is 0 Å². The van der Waals surface area contributed by atoms with Crippen LogP contribution in [0.2, 0.25) is 5.02 Å². The molecule has 0 aliphatic carbocycles. The minimum absolute atomic E-state index is 0.0131. The van der Waals surface area contributed by atoms with E-state index in [1.54, 1.807) is 24.3 Å². The summed E-state index contributed by atoms with van der Waals surface area (Å²) in [6, 6.07) is 8.68. The van der Waals surface area contributed by atoms with Gasteiger partial charge < -0.3 is 4.98 Å². The summed E-state index contributed by atoms with van der Waals surface area (Å²) < 4.78 is 0.170. The third-order valence-electron chi connectivity index (χ3n) is 2.17. The molecule has 6 heteroatoms. The number of aromatic amines is 2. The number of hydrogen-bond acceptors (Lipinski definition) is 3. The quantitative estimate of drug-likeness (QED) is 0.777. The van der Waals surface area contributed by atoms with E-state index < -0.39 is 5.56 Å². The number of nitriles is 1. The van der Waals surface area contributed by atoms with Crippen LogP contribution in [0.3, 0.4) is 0 Å².